The molecule has 0 aromatic carbocycles. The van der Waals surface area contributed by atoms with E-state index < -0.39 is 0 Å². The van der Waals surface area contributed by atoms with Crippen molar-refractivity contribution in [1.29, 1.82) is 0 Å². The molecule has 0 bridgehead atoms. The maximum atomic E-state index is 6.11. The molecule has 98 valence electrons. The number of rotatable bonds is 5. The smallest absolute Gasteiger partial charge is 0.133 e. The Hall–Kier alpha value is -1.17. The second-order valence-electron chi connectivity index (χ2n) is 4.66. The van der Waals surface area contributed by atoms with Crippen LogP contribution in [0.1, 0.15) is 29.3 Å². The van der Waals surface area contributed by atoms with E-state index in [4.69, 9.17) is 10.3 Å². The zero-order valence-corrected chi connectivity index (χ0v) is 11.8. The summed E-state index contributed by atoms with van der Waals surface area (Å²) in [6, 6.07) is 6.43. The third kappa shape index (κ3) is 2.98. The van der Waals surface area contributed by atoms with Gasteiger partial charge in [0.1, 0.15) is 5.76 Å². The van der Waals surface area contributed by atoms with Crippen LogP contribution in [0.3, 0.4) is 0 Å². The van der Waals surface area contributed by atoms with E-state index in [0.717, 1.165) is 18.0 Å². The monoisotopic (exact) mass is 265 g/mol. The topological polar surface area (TPSA) is 55.3 Å². The van der Waals surface area contributed by atoms with Crippen LogP contribution < -0.4 is 5.73 Å². The summed E-state index contributed by atoms with van der Waals surface area (Å²) < 4.78 is 5.09. The number of nitrogens with two attached hydrogens (primary N) is 1. The van der Waals surface area contributed by atoms with Gasteiger partial charge in [-0.05, 0) is 32.3 Å². The minimum absolute atomic E-state index is 0.0710. The first-order valence-corrected chi connectivity index (χ1v) is 6.87. The zero-order chi connectivity index (χ0) is 13.1. The summed E-state index contributed by atoms with van der Waals surface area (Å²) >= 11 is 1.74. The van der Waals surface area contributed by atoms with E-state index in [-0.39, 0.29) is 12.1 Å². The lowest BCUT2D eigenvalue weighted by Gasteiger charge is -2.29. The first kappa shape index (κ1) is 13.3. The van der Waals surface area contributed by atoms with Crippen LogP contribution in [0.25, 0.3) is 0 Å². The maximum Gasteiger partial charge on any atom is 0.133 e. The molecule has 5 heteroatoms. The molecule has 0 saturated carbocycles. The highest BCUT2D eigenvalue weighted by molar-refractivity contribution is 7.10. The Morgan fingerprint density at radius 3 is 2.83 bits per heavy atom. The largest absolute Gasteiger partial charge is 0.361 e. The van der Waals surface area contributed by atoms with Gasteiger partial charge in [-0.25, -0.2) is 0 Å². The van der Waals surface area contributed by atoms with Crippen LogP contribution in [-0.4, -0.2) is 23.1 Å². The first-order chi connectivity index (χ1) is 8.58. The standard InChI is InChI=1S/C13H19N3OS/c1-9-7-11(15-17-9)8-16(3)13(10(2)14)12-5-4-6-18-12/h4-7,10,13H,8,14H2,1-3H3. The molecule has 0 aliphatic heterocycles. The van der Waals surface area contributed by atoms with Crippen LogP contribution in [0.15, 0.2) is 28.1 Å². The van der Waals surface area contributed by atoms with Gasteiger partial charge in [0.15, 0.2) is 0 Å². The minimum atomic E-state index is 0.0710. The molecule has 2 aromatic rings. The van der Waals surface area contributed by atoms with Crippen LogP contribution in [0.2, 0.25) is 0 Å². The molecule has 0 aliphatic carbocycles. The van der Waals surface area contributed by atoms with Crippen molar-refractivity contribution in [3.05, 3.63) is 39.9 Å². The van der Waals surface area contributed by atoms with Crippen molar-refractivity contribution < 1.29 is 4.52 Å². The molecule has 0 saturated heterocycles. The Kier molecular flexibility index (Phi) is 4.16. The van der Waals surface area contributed by atoms with Gasteiger partial charge in [0.05, 0.1) is 11.7 Å². The number of hydrogen-bond acceptors (Lipinski definition) is 5. The molecule has 2 rings (SSSR count). The highest BCUT2D eigenvalue weighted by atomic mass is 32.1. The van der Waals surface area contributed by atoms with Gasteiger partial charge >= 0.3 is 0 Å². The maximum absolute atomic E-state index is 6.11. The van der Waals surface area contributed by atoms with Crippen molar-refractivity contribution >= 4 is 11.3 Å². The molecule has 2 N–H and O–H groups in total. The number of nitrogens with zero attached hydrogens (tertiary/aromatic N) is 2. The Labute approximate surface area is 111 Å². The first-order valence-electron chi connectivity index (χ1n) is 5.99. The van der Waals surface area contributed by atoms with Crippen molar-refractivity contribution in [2.45, 2.75) is 32.5 Å². The van der Waals surface area contributed by atoms with Crippen LogP contribution in [-0.2, 0) is 6.54 Å². The minimum Gasteiger partial charge on any atom is -0.361 e. The fraction of sp³-hybridized carbons (Fsp3) is 0.462. The number of thiophene rings is 1. The number of likely N-dealkylation sites (N-methyl/N-ethyl adjacent to an activating group) is 1. The van der Waals surface area contributed by atoms with Gasteiger partial charge in [0.2, 0.25) is 0 Å². The van der Waals surface area contributed by atoms with Crippen LogP contribution in [0.5, 0.6) is 0 Å². The van der Waals surface area contributed by atoms with E-state index in [2.05, 4.69) is 34.6 Å². The van der Waals surface area contributed by atoms with Crippen LogP contribution >= 0.6 is 11.3 Å². The van der Waals surface area contributed by atoms with Crippen molar-refractivity contribution in [1.82, 2.24) is 10.1 Å². The molecule has 2 heterocycles. The van der Waals surface area contributed by atoms with Gasteiger partial charge in [-0.1, -0.05) is 11.2 Å². The fourth-order valence-electron chi connectivity index (χ4n) is 2.18. The molecule has 0 aliphatic rings. The van der Waals surface area contributed by atoms with E-state index in [1.165, 1.54) is 4.88 Å². The summed E-state index contributed by atoms with van der Waals surface area (Å²) in [7, 11) is 2.07. The normalized spacial score (nSPS) is 14.9. The van der Waals surface area contributed by atoms with Gasteiger partial charge in [-0.2, -0.15) is 0 Å². The Bertz CT molecular complexity index is 478. The van der Waals surface area contributed by atoms with E-state index in [9.17, 15) is 0 Å². The Morgan fingerprint density at radius 2 is 2.33 bits per heavy atom. The van der Waals surface area contributed by atoms with Crippen molar-refractivity contribution in [2.24, 2.45) is 5.73 Å². The summed E-state index contributed by atoms with van der Waals surface area (Å²) in [5.74, 6) is 0.840. The van der Waals surface area contributed by atoms with Crippen molar-refractivity contribution in [3.8, 4) is 0 Å². The molecular formula is C13H19N3OS. The lowest BCUT2D eigenvalue weighted by Crippen LogP contribution is -2.36. The van der Waals surface area contributed by atoms with E-state index in [0.29, 0.717) is 0 Å². The second kappa shape index (κ2) is 5.65. The average molecular weight is 265 g/mol. The summed E-state index contributed by atoms with van der Waals surface area (Å²) in [5, 5.41) is 6.11. The lowest BCUT2D eigenvalue weighted by molar-refractivity contribution is 0.208. The molecule has 0 fully saturated rings. The molecule has 18 heavy (non-hydrogen) atoms. The number of hydrogen-bond donors (Lipinski definition) is 1. The fourth-order valence-corrected chi connectivity index (χ4v) is 3.19. The number of aryl methyl sites for hydroxylation is 1. The predicted molar refractivity (Wildman–Crippen MR) is 73.4 cm³/mol. The summed E-state index contributed by atoms with van der Waals surface area (Å²) in [6.07, 6.45) is 0. The lowest BCUT2D eigenvalue weighted by atomic mass is 10.1. The predicted octanol–water partition coefficient (Wildman–Crippen LogP) is 2.56. The summed E-state index contributed by atoms with van der Waals surface area (Å²) in [4.78, 5) is 3.50. The molecule has 0 amide bonds. The van der Waals surface area contributed by atoms with Crippen LogP contribution in [0, 0.1) is 6.92 Å². The highest BCUT2D eigenvalue weighted by Gasteiger charge is 2.22. The van der Waals surface area contributed by atoms with Crippen molar-refractivity contribution in [2.75, 3.05) is 7.05 Å². The average Bonchev–Trinajstić information content (AvgIpc) is 2.90. The van der Waals surface area contributed by atoms with E-state index in [1.54, 1.807) is 11.3 Å². The molecule has 2 aromatic heterocycles. The third-order valence-corrected chi connectivity index (χ3v) is 3.84. The second-order valence-corrected chi connectivity index (χ2v) is 5.64. The number of aromatic nitrogens is 1. The SMILES string of the molecule is Cc1cc(CN(C)C(c2cccs2)C(C)N)no1. The van der Waals surface area contributed by atoms with Gasteiger partial charge in [-0.15, -0.1) is 11.3 Å². The molecule has 2 unspecified atom stereocenters. The Morgan fingerprint density at radius 1 is 1.56 bits per heavy atom. The third-order valence-electron chi connectivity index (χ3n) is 2.90. The summed E-state index contributed by atoms with van der Waals surface area (Å²) in [6.45, 7) is 4.68. The van der Waals surface area contributed by atoms with Crippen LogP contribution in [0.4, 0.5) is 0 Å². The van der Waals surface area contributed by atoms with Gasteiger partial charge < -0.3 is 10.3 Å². The highest BCUT2D eigenvalue weighted by Crippen LogP contribution is 2.27. The molecule has 4 nitrogen and oxygen atoms in total. The molecule has 0 spiro atoms. The van der Waals surface area contributed by atoms with Gasteiger partial charge in [0, 0.05) is 23.5 Å². The van der Waals surface area contributed by atoms with E-state index in [1.807, 2.05) is 19.9 Å². The van der Waals surface area contributed by atoms with Gasteiger partial charge in [0.25, 0.3) is 0 Å². The van der Waals surface area contributed by atoms with E-state index >= 15 is 0 Å². The zero-order valence-electron chi connectivity index (χ0n) is 11.0. The molecule has 0 radical (unpaired) electrons. The molecular weight excluding hydrogens is 246 g/mol. The Balaban J connectivity index is 2.11. The summed E-state index contributed by atoms with van der Waals surface area (Å²) in [5.41, 5.74) is 7.05. The van der Waals surface area contributed by atoms with Crippen molar-refractivity contribution in [3.63, 3.8) is 0 Å². The molecule has 2 atom stereocenters. The van der Waals surface area contributed by atoms with Gasteiger partial charge in [-0.3, -0.25) is 4.90 Å². The quantitative estimate of drug-likeness (QED) is 0.902.